The molecular weight excluding hydrogens is 398 g/mol. The number of sulfonamides is 1. The second kappa shape index (κ2) is 9.41. The standard InChI is InChI=1S/C20H25N3O3S.ClH/c1-15-6-2-3-8-19(15)22-27(25,26)18-11-9-16(10-12-18)20(24)23-13-5-4-7-17(23)14-21;/h2-3,6,8-12,17,22H,4-5,7,13-14,21H2,1H3;1H. The summed E-state index contributed by atoms with van der Waals surface area (Å²) in [5.41, 5.74) is 7.65. The minimum absolute atomic E-state index is 0. The van der Waals surface area contributed by atoms with Gasteiger partial charge in [0, 0.05) is 24.7 Å². The molecule has 1 unspecified atom stereocenters. The molecular formula is C20H26ClN3O3S. The van der Waals surface area contributed by atoms with E-state index in [2.05, 4.69) is 4.72 Å². The van der Waals surface area contributed by atoms with Crippen LogP contribution in [0, 0.1) is 6.92 Å². The molecule has 2 aromatic rings. The number of nitrogens with two attached hydrogens (primary N) is 1. The maximum Gasteiger partial charge on any atom is 0.261 e. The summed E-state index contributed by atoms with van der Waals surface area (Å²) < 4.78 is 27.8. The van der Waals surface area contributed by atoms with Crippen LogP contribution in [0.15, 0.2) is 53.4 Å². The van der Waals surface area contributed by atoms with Crippen molar-refractivity contribution in [2.45, 2.75) is 37.1 Å². The molecule has 1 fully saturated rings. The number of aryl methyl sites for hydroxylation is 1. The van der Waals surface area contributed by atoms with E-state index in [0.29, 0.717) is 24.3 Å². The van der Waals surface area contributed by atoms with Crippen molar-refractivity contribution in [2.75, 3.05) is 17.8 Å². The van der Waals surface area contributed by atoms with Crippen LogP contribution in [0.3, 0.4) is 0 Å². The molecule has 152 valence electrons. The van der Waals surface area contributed by atoms with Gasteiger partial charge in [-0.25, -0.2) is 8.42 Å². The molecule has 0 radical (unpaired) electrons. The molecule has 1 aliphatic rings. The number of likely N-dealkylation sites (tertiary alicyclic amines) is 1. The van der Waals surface area contributed by atoms with Gasteiger partial charge in [-0.15, -0.1) is 12.4 Å². The molecule has 0 aliphatic carbocycles. The molecule has 3 rings (SSSR count). The Hall–Kier alpha value is -2.09. The van der Waals surface area contributed by atoms with Gasteiger partial charge in [-0.1, -0.05) is 18.2 Å². The summed E-state index contributed by atoms with van der Waals surface area (Å²) in [6.07, 6.45) is 2.96. The van der Waals surface area contributed by atoms with E-state index in [1.165, 1.54) is 12.1 Å². The summed E-state index contributed by atoms with van der Waals surface area (Å²) >= 11 is 0. The summed E-state index contributed by atoms with van der Waals surface area (Å²) in [5.74, 6) is -0.0963. The second-order valence-electron chi connectivity index (χ2n) is 6.83. The number of hydrogen-bond donors (Lipinski definition) is 2. The molecule has 6 nitrogen and oxygen atoms in total. The molecule has 1 saturated heterocycles. The predicted octanol–water partition coefficient (Wildman–Crippen LogP) is 3.17. The van der Waals surface area contributed by atoms with Gasteiger partial charge in [0.1, 0.15) is 0 Å². The molecule has 3 N–H and O–H groups in total. The maximum atomic E-state index is 12.8. The van der Waals surface area contributed by atoms with Gasteiger partial charge in [-0.05, 0) is 62.1 Å². The summed E-state index contributed by atoms with van der Waals surface area (Å²) in [7, 11) is -3.71. The minimum Gasteiger partial charge on any atom is -0.334 e. The van der Waals surface area contributed by atoms with E-state index in [4.69, 9.17) is 5.73 Å². The van der Waals surface area contributed by atoms with Crippen LogP contribution >= 0.6 is 12.4 Å². The predicted molar refractivity (Wildman–Crippen MR) is 113 cm³/mol. The van der Waals surface area contributed by atoms with Crippen LogP contribution in [0.1, 0.15) is 35.2 Å². The van der Waals surface area contributed by atoms with E-state index in [1.54, 1.807) is 29.2 Å². The molecule has 0 saturated carbocycles. The molecule has 0 bridgehead atoms. The Morgan fingerprint density at radius 3 is 2.46 bits per heavy atom. The van der Waals surface area contributed by atoms with Crippen molar-refractivity contribution in [2.24, 2.45) is 5.73 Å². The first-order valence-electron chi connectivity index (χ1n) is 9.12. The number of amides is 1. The largest absolute Gasteiger partial charge is 0.334 e. The smallest absolute Gasteiger partial charge is 0.261 e. The molecule has 1 heterocycles. The first kappa shape index (κ1) is 22.2. The first-order chi connectivity index (χ1) is 12.9. The number of para-hydroxylation sites is 1. The zero-order valence-corrected chi connectivity index (χ0v) is 17.4. The zero-order valence-electron chi connectivity index (χ0n) is 15.8. The fraction of sp³-hybridized carbons (Fsp3) is 0.350. The third kappa shape index (κ3) is 4.84. The monoisotopic (exact) mass is 423 g/mol. The van der Waals surface area contributed by atoms with Crippen molar-refractivity contribution in [3.8, 4) is 0 Å². The van der Waals surface area contributed by atoms with Gasteiger partial charge in [0.25, 0.3) is 15.9 Å². The number of hydrogen-bond acceptors (Lipinski definition) is 4. The number of piperidine rings is 1. The minimum atomic E-state index is -3.71. The van der Waals surface area contributed by atoms with Gasteiger partial charge >= 0.3 is 0 Å². The van der Waals surface area contributed by atoms with Crippen LogP contribution in [-0.2, 0) is 10.0 Å². The molecule has 0 aromatic heterocycles. The molecule has 0 spiro atoms. The quantitative estimate of drug-likeness (QED) is 0.772. The van der Waals surface area contributed by atoms with Crippen LogP contribution in [0.5, 0.6) is 0 Å². The fourth-order valence-corrected chi connectivity index (χ4v) is 4.48. The van der Waals surface area contributed by atoms with Crippen LogP contribution < -0.4 is 10.5 Å². The van der Waals surface area contributed by atoms with Gasteiger partial charge in [-0.3, -0.25) is 9.52 Å². The lowest BCUT2D eigenvalue weighted by atomic mass is 10.0. The number of carbonyl (C=O) groups is 1. The van der Waals surface area contributed by atoms with Gasteiger partial charge in [-0.2, -0.15) is 0 Å². The molecule has 1 amide bonds. The number of anilines is 1. The molecule has 28 heavy (non-hydrogen) atoms. The van der Waals surface area contributed by atoms with E-state index in [1.807, 2.05) is 19.1 Å². The highest BCUT2D eigenvalue weighted by atomic mass is 35.5. The Morgan fingerprint density at radius 1 is 1.14 bits per heavy atom. The lowest BCUT2D eigenvalue weighted by molar-refractivity contribution is 0.0623. The SMILES string of the molecule is Cc1ccccc1NS(=O)(=O)c1ccc(C(=O)N2CCCCC2CN)cc1.Cl. The van der Waals surface area contributed by atoms with Crippen LogP contribution in [-0.4, -0.2) is 38.4 Å². The van der Waals surface area contributed by atoms with Crippen molar-refractivity contribution >= 4 is 34.0 Å². The van der Waals surface area contributed by atoms with E-state index in [9.17, 15) is 13.2 Å². The average molecular weight is 424 g/mol. The molecule has 1 atom stereocenters. The Kier molecular flexibility index (Phi) is 7.46. The highest BCUT2D eigenvalue weighted by molar-refractivity contribution is 7.92. The van der Waals surface area contributed by atoms with Crippen LogP contribution in [0.25, 0.3) is 0 Å². The van der Waals surface area contributed by atoms with Crippen molar-refractivity contribution < 1.29 is 13.2 Å². The lowest BCUT2D eigenvalue weighted by Gasteiger charge is -2.35. The summed E-state index contributed by atoms with van der Waals surface area (Å²) in [6, 6.07) is 13.3. The van der Waals surface area contributed by atoms with Gasteiger partial charge < -0.3 is 10.6 Å². The Labute approximate surface area is 172 Å². The van der Waals surface area contributed by atoms with E-state index in [-0.39, 0.29) is 29.3 Å². The number of halogens is 1. The molecule has 2 aromatic carbocycles. The third-order valence-electron chi connectivity index (χ3n) is 4.96. The van der Waals surface area contributed by atoms with Gasteiger partial charge in [0.15, 0.2) is 0 Å². The van der Waals surface area contributed by atoms with E-state index < -0.39 is 10.0 Å². The second-order valence-corrected chi connectivity index (χ2v) is 8.51. The van der Waals surface area contributed by atoms with E-state index in [0.717, 1.165) is 24.8 Å². The Balaban J connectivity index is 0.00000280. The normalized spacial score (nSPS) is 16.9. The molecule has 8 heteroatoms. The van der Waals surface area contributed by atoms with Crippen LogP contribution in [0.4, 0.5) is 5.69 Å². The van der Waals surface area contributed by atoms with E-state index >= 15 is 0 Å². The summed E-state index contributed by atoms with van der Waals surface area (Å²) in [5, 5.41) is 0. The highest BCUT2D eigenvalue weighted by Gasteiger charge is 2.26. The number of nitrogens with one attached hydrogen (secondary N) is 1. The van der Waals surface area contributed by atoms with Crippen LogP contribution in [0.2, 0.25) is 0 Å². The van der Waals surface area contributed by atoms with Gasteiger partial charge in [0.05, 0.1) is 10.6 Å². The van der Waals surface area contributed by atoms with Crippen molar-refractivity contribution in [1.29, 1.82) is 0 Å². The van der Waals surface area contributed by atoms with Gasteiger partial charge in [0.2, 0.25) is 0 Å². The fourth-order valence-electron chi connectivity index (χ4n) is 3.35. The molecule has 1 aliphatic heterocycles. The number of carbonyl (C=O) groups excluding carboxylic acids is 1. The highest BCUT2D eigenvalue weighted by Crippen LogP contribution is 2.22. The first-order valence-corrected chi connectivity index (χ1v) is 10.6. The zero-order chi connectivity index (χ0) is 19.4. The average Bonchev–Trinajstić information content (AvgIpc) is 2.69. The van der Waals surface area contributed by atoms with Crippen molar-refractivity contribution in [1.82, 2.24) is 4.90 Å². The lowest BCUT2D eigenvalue weighted by Crippen LogP contribution is -2.47. The maximum absolute atomic E-state index is 12.8. The van der Waals surface area contributed by atoms with Crippen molar-refractivity contribution in [3.63, 3.8) is 0 Å². The van der Waals surface area contributed by atoms with Crippen molar-refractivity contribution in [3.05, 3.63) is 59.7 Å². The summed E-state index contributed by atoms with van der Waals surface area (Å²) in [4.78, 5) is 14.7. The topological polar surface area (TPSA) is 92.5 Å². The number of rotatable bonds is 5. The number of nitrogens with zero attached hydrogens (tertiary/aromatic N) is 1. The Bertz CT molecular complexity index is 917. The Morgan fingerprint density at radius 2 is 1.82 bits per heavy atom. The number of benzene rings is 2. The third-order valence-corrected chi connectivity index (χ3v) is 6.34. The summed E-state index contributed by atoms with van der Waals surface area (Å²) in [6.45, 7) is 2.97.